The summed E-state index contributed by atoms with van der Waals surface area (Å²) in [4.78, 5) is 35.3. The van der Waals surface area contributed by atoms with Crippen molar-refractivity contribution in [3.8, 4) is 33.3 Å². The minimum absolute atomic E-state index is 0.0793. The fraction of sp³-hybridized carbons (Fsp3) is 0.364. The first-order chi connectivity index (χ1) is 21.1. The number of carbonyl (C=O) groups is 1. The van der Waals surface area contributed by atoms with Gasteiger partial charge in [-0.1, -0.05) is 49.7 Å². The van der Waals surface area contributed by atoms with Gasteiger partial charge in [-0.05, 0) is 44.4 Å². The molecule has 0 bridgehead atoms. The molecule has 232 valence electrons. The van der Waals surface area contributed by atoms with Crippen molar-refractivity contribution >= 4 is 28.8 Å². The van der Waals surface area contributed by atoms with E-state index >= 15 is 0 Å². The van der Waals surface area contributed by atoms with Gasteiger partial charge in [-0.2, -0.15) is 0 Å². The molecule has 1 atom stereocenters. The zero-order valence-corrected chi connectivity index (χ0v) is 26.6. The van der Waals surface area contributed by atoms with Crippen LogP contribution in [-0.2, 0) is 6.42 Å². The first-order valence-corrected chi connectivity index (χ1v) is 15.9. The van der Waals surface area contributed by atoms with Crippen LogP contribution in [0.25, 0.3) is 27.5 Å². The normalized spacial score (nSPS) is 15.3. The van der Waals surface area contributed by atoms with Crippen molar-refractivity contribution in [2.45, 2.75) is 46.6 Å². The first-order valence-electron chi connectivity index (χ1n) is 14.7. The van der Waals surface area contributed by atoms with Gasteiger partial charge >= 0.3 is 0 Å². The van der Waals surface area contributed by atoms with Gasteiger partial charge in [0.15, 0.2) is 0 Å². The standard InChI is InChI=1S/C33H35ClF2N4O3S/c1-5-43-23-10-11-26(34)29(15-23)40-28(14-19(2)3)24(32(41)39-13-12-37-20(4)17-39)16-25(33(40)42)31-38-27(18-44-31)21-6-8-22(9-7-21)30(35)36/h6-11,15-16,18-20,30,37H,5,12-14,17H2,1-4H3/t20-/m1/s1. The Bertz CT molecular complexity index is 1700. The number of pyridine rings is 1. The van der Waals surface area contributed by atoms with E-state index in [-0.39, 0.29) is 34.6 Å². The summed E-state index contributed by atoms with van der Waals surface area (Å²) in [6.45, 7) is 10.1. The van der Waals surface area contributed by atoms with Crippen molar-refractivity contribution in [1.82, 2.24) is 19.8 Å². The summed E-state index contributed by atoms with van der Waals surface area (Å²) in [6.07, 6.45) is -2.12. The predicted molar refractivity (Wildman–Crippen MR) is 172 cm³/mol. The maximum atomic E-state index is 14.5. The lowest BCUT2D eigenvalue weighted by Gasteiger charge is -2.33. The molecule has 0 spiro atoms. The Kier molecular flexibility index (Phi) is 9.82. The maximum absolute atomic E-state index is 14.5. The Morgan fingerprint density at radius 1 is 1.18 bits per heavy atom. The smallest absolute Gasteiger partial charge is 0.265 e. The van der Waals surface area contributed by atoms with Crippen molar-refractivity contribution in [2.24, 2.45) is 5.92 Å². The lowest BCUT2D eigenvalue weighted by molar-refractivity contribution is 0.0707. The Labute approximate surface area is 264 Å². The Morgan fingerprint density at radius 2 is 1.93 bits per heavy atom. The molecule has 1 saturated heterocycles. The minimum Gasteiger partial charge on any atom is -0.494 e. The van der Waals surface area contributed by atoms with Crippen LogP contribution >= 0.6 is 22.9 Å². The molecular weight excluding hydrogens is 606 g/mol. The van der Waals surface area contributed by atoms with E-state index in [0.717, 1.165) is 0 Å². The van der Waals surface area contributed by atoms with Crippen LogP contribution in [0.5, 0.6) is 5.75 Å². The highest BCUT2D eigenvalue weighted by molar-refractivity contribution is 7.13. The third-order valence-corrected chi connectivity index (χ3v) is 8.65. The van der Waals surface area contributed by atoms with Crippen LogP contribution in [0.2, 0.25) is 5.02 Å². The number of aromatic nitrogens is 2. The van der Waals surface area contributed by atoms with E-state index < -0.39 is 6.43 Å². The molecule has 0 radical (unpaired) electrons. The number of amides is 1. The van der Waals surface area contributed by atoms with Gasteiger partial charge in [-0.25, -0.2) is 13.8 Å². The molecule has 1 amide bonds. The predicted octanol–water partition coefficient (Wildman–Crippen LogP) is 7.25. The van der Waals surface area contributed by atoms with Crippen molar-refractivity contribution in [1.29, 1.82) is 0 Å². The summed E-state index contributed by atoms with van der Waals surface area (Å²) in [5.74, 6) is 0.504. The van der Waals surface area contributed by atoms with Crippen LogP contribution in [0.1, 0.15) is 55.7 Å². The maximum Gasteiger partial charge on any atom is 0.265 e. The number of rotatable bonds is 9. The van der Waals surface area contributed by atoms with Crippen LogP contribution in [0.4, 0.5) is 8.78 Å². The molecule has 5 rings (SSSR count). The quantitative estimate of drug-likeness (QED) is 0.209. The number of benzene rings is 2. The third kappa shape index (κ3) is 6.72. The molecule has 0 aliphatic carbocycles. The molecule has 3 heterocycles. The summed E-state index contributed by atoms with van der Waals surface area (Å²) in [6, 6.07) is 12.8. The van der Waals surface area contributed by atoms with E-state index in [4.69, 9.17) is 21.3 Å². The summed E-state index contributed by atoms with van der Waals surface area (Å²) < 4.78 is 33.5. The SMILES string of the molecule is CCOc1ccc(Cl)c(-n2c(CC(C)C)c(C(=O)N3CCN[C@H](C)C3)cc(-c3nc(-c4ccc(C(F)F)cc4)cs3)c2=O)c1. The van der Waals surface area contributed by atoms with Gasteiger partial charge in [0.05, 0.1) is 34.1 Å². The number of hydrogen-bond donors (Lipinski definition) is 1. The van der Waals surface area contributed by atoms with Crippen LogP contribution < -0.4 is 15.6 Å². The van der Waals surface area contributed by atoms with E-state index in [1.165, 1.54) is 28.0 Å². The minimum atomic E-state index is -2.57. The number of halogens is 3. The topological polar surface area (TPSA) is 76.5 Å². The number of nitrogens with one attached hydrogen (secondary N) is 1. The van der Waals surface area contributed by atoms with Gasteiger partial charge < -0.3 is 15.0 Å². The second-order valence-corrected chi connectivity index (χ2v) is 12.5. The Morgan fingerprint density at radius 3 is 2.59 bits per heavy atom. The van der Waals surface area contributed by atoms with Crippen molar-refractivity contribution < 1.29 is 18.3 Å². The molecule has 0 unspecified atom stereocenters. The number of hydrogen-bond acceptors (Lipinski definition) is 6. The molecule has 2 aromatic carbocycles. The highest BCUT2D eigenvalue weighted by Gasteiger charge is 2.29. The summed E-state index contributed by atoms with van der Waals surface area (Å²) in [5, 5.41) is 5.90. The van der Waals surface area contributed by atoms with Crippen LogP contribution in [0, 0.1) is 5.92 Å². The summed E-state index contributed by atoms with van der Waals surface area (Å²) in [7, 11) is 0. The number of carbonyl (C=O) groups excluding carboxylic acids is 1. The number of nitrogens with zero attached hydrogens (tertiary/aromatic N) is 3. The van der Waals surface area contributed by atoms with Crippen molar-refractivity contribution in [3.63, 3.8) is 0 Å². The Balaban J connectivity index is 1.73. The van der Waals surface area contributed by atoms with Crippen LogP contribution in [0.15, 0.2) is 58.7 Å². The fourth-order valence-corrected chi connectivity index (χ4v) is 6.41. The van der Waals surface area contributed by atoms with Gasteiger partial charge in [0.25, 0.3) is 17.9 Å². The van der Waals surface area contributed by atoms with Crippen molar-refractivity contribution in [3.05, 3.63) is 86.1 Å². The van der Waals surface area contributed by atoms with Gasteiger partial charge in [-0.15, -0.1) is 11.3 Å². The molecule has 2 aromatic heterocycles. The molecule has 1 fully saturated rings. The number of piperazine rings is 1. The van der Waals surface area contributed by atoms with E-state index in [9.17, 15) is 18.4 Å². The van der Waals surface area contributed by atoms with Gasteiger partial charge in [-0.3, -0.25) is 14.2 Å². The van der Waals surface area contributed by atoms with E-state index in [1.54, 1.807) is 41.8 Å². The highest BCUT2D eigenvalue weighted by Crippen LogP contribution is 2.33. The van der Waals surface area contributed by atoms with Gasteiger partial charge in [0, 0.05) is 53.9 Å². The molecule has 4 aromatic rings. The summed E-state index contributed by atoms with van der Waals surface area (Å²) in [5.41, 5.74) is 2.40. The monoisotopic (exact) mass is 640 g/mol. The lowest BCUT2D eigenvalue weighted by atomic mass is 9.99. The first kappa shape index (κ1) is 31.8. The third-order valence-electron chi connectivity index (χ3n) is 7.45. The van der Waals surface area contributed by atoms with Gasteiger partial charge in [0.1, 0.15) is 10.8 Å². The molecule has 0 saturated carbocycles. The molecule has 7 nitrogen and oxygen atoms in total. The molecule has 44 heavy (non-hydrogen) atoms. The Hall–Kier alpha value is -3.60. The fourth-order valence-electron chi connectivity index (χ4n) is 5.37. The van der Waals surface area contributed by atoms with Crippen LogP contribution in [-0.4, -0.2) is 52.6 Å². The zero-order chi connectivity index (χ0) is 31.5. The molecule has 1 aliphatic heterocycles. The largest absolute Gasteiger partial charge is 0.494 e. The van der Waals surface area contributed by atoms with Crippen LogP contribution in [0.3, 0.4) is 0 Å². The van der Waals surface area contributed by atoms with Crippen molar-refractivity contribution in [2.75, 3.05) is 26.2 Å². The number of ether oxygens (including phenoxy) is 1. The van der Waals surface area contributed by atoms with E-state index in [2.05, 4.69) is 5.32 Å². The van der Waals surface area contributed by atoms with Gasteiger partial charge in [0.2, 0.25) is 0 Å². The van der Waals surface area contributed by atoms with E-state index in [1.807, 2.05) is 32.6 Å². The lowest BCUT2D eigenvalue weighted by Crippen LogP contribution is -2.51. The zero-order valence-electron chi connectivity index (χ0n) is 25.1. The second-order valence-electron chi connectivity index (χ2n) is 11.3. The average Bonchev–Trinajstić information content (AvgIpc) is 3.48. The molecule has 1 aliphatic rings. The molecular formula is C33H35ClF2N4O3S. The van der Waals surface area contributed by atoms with E-state index in [0.29, 0.717) is 76.6 Å². The average molecular weight is 641 g/mol. The highest BCUT2D eigenvalue weighted by atomic mass is 35.5. The second kappa shape index (κ2) is 13.6. The molecule has 11 heteroatoms. The molecule has 1 N–H and O–H groups in total. The summed E-state index contributed by atoms with van der Waals surface area (Å²) >= 11 is 8.00. The number of alkyl halides is 2. The number of thiazole rings is 1.